The predicted octanol–water partition coefficient (Wildman–Crippen LogP) is 3.81. The Hall–Kier alpha value is -1.56. The van der Waals surface area contributed by atoms with Crippen LogP contribution in [0, 0.1) is 0 Å². The van der Waals surface area contributed by atoms with Crippen LogP contribution >= 0.6 is 0 Å². The van der Waals surface area contributed by atoms with E-state index in [0.717, 1.165) is 51.0 Å². The topological polar surface area (TPSA) is 23.6 Å². The van der Waals surface area contributed by atoms with Gasteiger partial charge in [0.2, 0.25) is 5.91 Å². The Labute approximate surface area is 153 Å². The van der Waals surface area contributed by atoms with Gasteiger partial charge in [0.1, 0.15) is 0 Å². The molecule has 1 unspecified atom stereocenters. The molecular formula is C20H27F3N2O. The number of benzene rings is 1. The summed E-state index contributed by atoms with van der Waals surface area (Å²) in [5, 5.41) is 0. The Kier molecular flexibility index (Phi) is 6.22. The number of alkyl halides is 3. The number of piperidine rings is 1. The summed E-state index contributed by atoms with van der Waals surface area (Å²) < 4.78 is 37.3. The van der Waals surface area contributed by atoms with Crippen molar-refractivity contribution in [2.75, 3.05) is 26.2 Å². The summed E-state index contributed by atoms with van der Waals surface area (Å²) in [5.41, 5.74) is 1.02. The van der Waals surface area contributed by atoms with Crippen molar-refractivity contribution in [1.82, 2.24) is 9.80 Å². The highest BCUT2D eigenvalue weighted by Crippen LogP contribution is 2.23. The smallest absolute Gasteiger partial charge is 0.338 e. The lowest BCUT2D eigenvalue weighted by Crippen LogP contribution is -2.49. The molecule has 1 atom stereocenters. The standard InChI is InChI=1S/C20H27F3N2O/c21-20(22,23)14-17-8-6-16(7-9-17)13-19(26)25-12-2-1-5-18(25)15-24-10-3-4-11-24/h6-9,18H,1-5,10-15H2. The van der Waals surface area contributed by atoms with Crippen molar-refractivity contribution in [1.29, 1.82) is 0 Å². The van der Waals surface area contributed by atoms with Crippen molar-refractivity contribution >= 4 is 5.91 Å². The molecule has 0 spiro atoms. The maximum Gasteiger partial charge on any atom is 0.393 e. The molecule has 26 heavy (non-hydrogen) atoms. The average molecular weight is 368 g/mol. The van der Waals surface area contributed by atoms with Crippen LogP contribution in [-0.4, -0.2) is 54.1 Å². The Morgan fingerprint density at radius 1 is 0.962 bits per heavy atom. The SMILES string of the molecule is O=C(Cc1ccc(CC(F)(F)F)cc1)N1CCCCC1CN1CCCC1. The molecule has 144 valence electrons. The van der Waals surface area contributed by atoms with E-state index in [2.05, 4.69) is 4.90 Å². The van der Waals surface area contributed by atoms with E-state index in [0.29, 0.717) is 0 Å². The van der Waals surface area contributed by atoms with Crippen LogP contribution in [0.2, 0.25) is 0 Å². The molecule has 3 rings (SSSR count). The Morgan fingerprint density at radius 2 is 1.58 bits per heavy atom. The summed E-state index contributed by atoms with van der Waals surface area (Å²) in [7, 11) is 0. The van der Waals surface area contributed by atoms with Gasteiger partial charge in [-0.15, -0.1) is 0 Å². The summed E-state index contributed by atoms with van der Waals surface area (Å²) in [4.78, 5) is 17.2. The normalized spacial score (nSPS) is 22.0. The van der Waals surface area contributed by atoms with Crippen LogP contribution in [-0.2, 0) is 17.6 Å². The van der Waals surface area contributed by atoms with Gasteiger partial charge in [-0.05, 0) is 56.3 Å². The molecule has 0 bridgehead atoms. The van der Waals surface area contributed by atoms with Gasteiger partial charge in [0.25, 0.3) is 0 Å². The monoisotopic (exact) mass is 368 g/mol. The van der Waals surface area contributed by atoms with E-state index in [9.17, 15) is 18.0 Å². The number of carbonyl (C=O) groups is 1. The van der Waals surface area contributed by atoms with Gasteiger partial charge in [0.05, 0.1) is 12.8 Å². The third-order valence-corrected chi connectivity index (χ3v) is 5.40. The zero-order valence-electron chi connectivity index (χ0n) is 15.1. The zero-order chi connectivity index (χ0) is 18.6. The Balaban J connectivity index is 1.58. The highest BCUT2D eigenvalue weighted by Gasteiger charge is 2.29. The molecule has 1 aromatic rings. The molecule has 6 heteroatoms. The summed E-state index contributed by atoms with van der Waals surface area (Å²) in [5.74, 6) is 0.0949. The van der Waals surface area contributed by atoms with Crippen molar-refractivity contribution in [3.63, 3.8) is 0 Å². The van der Waals surface area contributed by atoms with Crippen LogP contribution in [0.25, 0.3) is 0 Å². The highest BCUT2D eigenvalue weighted by atomic mass is 19.4. The lowest BCUT2D eigenvalue weighted by molar-refractivity contribution is -0.134. The molecule has 0 aromatic heterocycles. The fraction of sp³-hybridized carbons (Fsp3) is 0.650. The molecule has 0 aliphatic carbocycles. The number of amides is 1. The molecule has 2 aliphatic rings. The van der Waals surface area contributed by atoms with Gasteiger partial charge < -0.3 is 9.80 Å². The van der Waals surface area contributed by atoms with Gasteiger partial charge in [-0.1, -0.05) is 24.3 Å². The molecule has 2 heterocycles. The first-order valence-electron chi connectivity index (χ1n) is 9.57. The summed E-state index contributed by atoms with van der Waals surface area (Å²) >= 11 is 0. The molecule has 0 saturated carbocycles. The summed E-state index contributed by atoms with van der Waals surface area (Å²) in [6.07, 6.45) is 0.867. The first kappa shape index (κ1) is 19.2. The van der Waals surface area contributed by atoms with Crippen LogP contribution in [0.1, 0.15) is 43.2 Å². The lowest BCUT2D eigenvalue weighted by atomic mass is 9.99. The number of likely N-dealkylation sites (tertiary alicyclic amines) is 2. The predicted molar refractivity (Wildman–Crippen MR) is 94.9 cm³/mol. The molecule has 1 aromatic carbocycles. The molecule has 2 saturated heterocycles. The molecule has 2 aliphatic heterocycles. The molecule has 2 fully saturated rings. The van der Waals surface area contributed by atoms with E-state index < -0.39 is 12.6 Å². The molecule has 1 amide bonds. The van der Waals surface area contributed by atoms with Crippen molar-refractivity contribution in [3.05, 3.63) is 35.4 Å². The van der Waals surface area contributed by atoms with Gasteiger partial charge in [0, 0.05) is 19.1 Å². The van der Waals surface area contributed by atoms with Gasteiger partial charge in [-0.25, -0.2) is 0 Å². The number of rotatable bonds is 5. The highest BCUT2D eigenvalue weighted by molar-refractivity contribution is 5.79. The maximum absolute atomic E-state index is 12.8. The molecule has 0 N–H and O–H groups in total. The van der Waals surface area contributed by atoms with E-state index in [1.165, 1.54) is 25.0 Å². The summed E-state index contributed by atoms with van der Waals surface area (Å²) in [6.45, 7) is 4.00. The number of carbonyl (C=O) groups excluding carboxylic acids is 1. The van der Waals surface area contributed by atoms with Crippen molar-refractivity contribution in [2.24, 2.45) is 0 Å². The van der Waals surface area contributed by atoms with Crippen LogP contribution in [0.5, 0.6) is 0 Å². The van der Waals surface area contributed by atoms with E-state index in [4.69, 9.17) is 0 Å². The second-order valence-electron chi connectivity index (χ2n) is 7.53. The van der Waals surface area contributed by atoms with Crippen molar-refractivity contribution in [2.45, 2.75) is 57.2 Å². The summed E-state index contributed by atoms with van der Waals surface area (Å²) in [6, 6.07) is 6.54. The minimum absolute atomic E-state index is 0.0949. The largest absolute Gasteiger partial charge is 0.393 e. The maximum atomic E-state index is 12.8. The van der Waals surface area contributed by atoms with Crippen molar-refractivity contribution < 1.29 is 18.0 Å². The third kappa shape index (κ3) is 5.47. The first-order valence-corrected chi connectivity index (χ1v) is 9.57. The van der Waals surface area contributed by atoms with Crippen molar-refractivity contribution in [3.8, 4) is 0 Å². The Bertz CT molecular complexity index is 594. The van der Waals surface area contributed by atoms with E-state index in [1.807, 2.05) is 4.90 Å². The van der Waals surface area contributed by atoms with E-state index in [1.54, 1.807) is 12.1 Å². The van der Waals surface area contributed by atoms with Gasteiger partial charge in [0.15, 0.2) is 0 Å². The average Bonchev–Trinajstić information content (AvgIpc) is 3.09. The minimum atomic E-state index is -4.20. The number of halogens is 3. The second-order valence-corrected chi connectivity index (χ2v) is 7.53. The van der Waals surface area contributed by atoms with Crippen LogP contribution in [0.3, 0.4) is 0 Å². The number of hydrogen-bond acceptors (Lipinski definition) is 2. The quantitative estimate of drug-likeness (QED) is 0.789. The Morgan fingerprint density at radius 3 is 2.23 bits per heavy atom. The fourth-order valence-electron chi connectivity index (χ4n) is 4.06. The first-order chi connectivity index (χ1) is 12.4. The molecule has 0 radical (unpaired) electrons. The minimum Gasteiger partial charge on any atom is -0.338 e. The zero-order valence-corrected chi connectivity index (χ0v) is 15.1. The molecular weight excluding hydrogens is 341 g/mol. The van der Waals surface area contributed by atoms with E-state index in [-0.39, 0.29) is 23.9 Å². The van der Waals surface area contributed by atoms with Gasteiger partial charge >= 0.3 is 6.18 Å². The van der Waals surface area contributed by atoms with Crippen LogP contribution in [0.15, 0.2) is 24.3 Å². The van der Waals surface area contributed by atoms with Crippen LogP contribution < -0.4 is 0 Å². The lowest BCUT2D eigenvalue weighted by Gasteiger charge is -2.38. The third-order valence-electron chi connectivity index (χ3n) is 5.40. The van der Waals surface area contributed by atoms with Gasteiger partial charge in [-0.3, -0.25) is 4.79 Å². The fourth-order valence-corrected chi connectivity index (χ4v) is 4.06. The second kappa shape index (κ2) is 8.42. The molecule has 3 nitrogen and oxygen atoms in total. The number of nitrogens with zero attached hydrogens (tertiary/aromatic N) is 2. The van der Waals surface area contributed by atoms with Gasteiger partial charge in [-0.2, -0.15) is 13.2 Å². The van der Waals surface area contributed by atoms with E-state index >= 15 is 0 Å². The number of hydrogen-bond donors (Lipinski definition) is 0. The van der Waals surface area contributed by atoms with Crippen LogP contribution in [0.4, 0.5) is 13.2 Å².